The Morgan fingerprint density at radius 3 is 2.69 bits per heavy atom. The van der Waals surface area contributed by atoms with Crippen LogP contribution in [0.25, 0.3) is 0 Å². The third-order valence-corrected chi connectivity index (χ3v) is 3.39. The van der Waals surface area contributed by atoms with Crippen molar-refractivity contribution in [3.63, 3.8) is 0 Å². The first-order chi connectivity index (χ1) is 7.79. The maximum atomic E-state index is 11.8. The number of hydrogen-bond acceptors (Lipinski definition) is 4. The zero-order valence-electron chi connectivity index (χ0n) is 9.95. The first-order valence-corrected chi connectivity index (χ1v) is 6.04. The van der Waals surface area contributed by atoms with E-state index in [9.17, 15) is 4.79 Å². The second-order valence-electron chi connectivity index (χ2n) is 4.49. The van der Waals surface area contributed by atoms with Crippen molar-refractivity contribution in [2.75, 3.05) is 53.0 Å². The van der Waals surface area contributed by atoms with Crippen LogP contribution in [0, 0.1) is 0 Å². The van der Waals surface area contributed by atoms with Gasteiger partial charge in [-0.3, -0.25) is 9.69 Å². The van der Waals surface area contributed by atoms with Crippen LogP contribution in [0.3, 0.4) is 0 Å². The summed E-state index contributed by atoms with van der Waals surface area (Å²) in [7, 11) is 1.94. The molecule has 2 fully saturated rings. The molecule has 16 heavy (non-hydrogen) atoms. The van der Waals surface area contributed by atoms with E-state index in [-0.39, 0.29) is 5.91 Å². The number of carbonyl (C=O) groups is 1. The Balaban J connectivity index is 1.60. The second-order valence-corrected chi connectivity index (χ2v) is 4.49. The normalized spacial score (nSPS) is 23.2. The summed E-state index contributed by atoms with van der Waals surface area (Å²) in [6.45, 7) is 6.16. The lowest BCUT2D eigenvalue weighted by atomic mass is 10.1. The molecule has 0 unspecified atom stereocenters. The lowest BCUT2D eigenvalue weighted by Crippen LogP contribution is -2.59. The number of nitrogens with one attached hydrogen (secondary N) is 1. The number of morpholine rings is 1. The van der Waals surface area contributed by atoms with Crippen LogP contribution in [0.15, 0.2) is 0 Å². The van der Waals surface area contributed by atoms with Gasteiger partial charge in [0.1, 0.15) is 0 Å². The fraction of sp³-hybridized carbons (Fsp3) is 0.909. The molecule has 2 heterocycles. The summed E-state index contributed by atoms with van der Waals surface area (Å²) < 4.78 is 5.27. The number of likely N-dealkylation sites (tertiary alicyclic amines) is 1. The van der Waals surface area contributed by atoms with Gasteiger partial charge in [-0.15, -0.1) is 0 Å². The fourth-order valence-electron chi connectivity index (χ4n) is 2.10. The average Bonchev–Trinajstić information content (AvgIpc) is 2.26. The van der Waals surface area contributed by atoms with Crippen LogP contribution in [-0.4, -0.2) is 74.7 Å². The SMILES string of the molecule is CNC1CN(C(=O)CCN2CCOCC2)C1. The Bertz CT molecular complexity index is 235. The highest BCUT2D eigenvalue weighted by molar-refractivity contribution is 5.77. The van der Waals surface area contributed by atoms with Crippen molar-refractivity contribution in [3.05, 3.63) is 0 Å². The minimum absolute atomic E-state index is 0.290. The third kappa shape index (κ3) is 2.93. The van der Waals surface area contributed by atoms with Gasteiger partial charge in [0.2, 0.25) is 5.91 Å². The molecule has 0 aliphatic carbocycles. The van der Waals surface area contributed by atoms with Crippen LogP contribution < -0.4 is 5.32 Å². The van der Waals surface area contributed by atoms with Crippen molar-refractivity contribution >= 4 is 5.91 Å². The molecule has 2 saturated heterocycles. The summed E-state index contributed by atoms with van der Waals surface area (Å²) in [6.07, 6.45) is 0.649. The predicted molar refractivity (Wildman–Crippen MR) is 61.3 cm³/mol. The molecule has 1 N–H and O–H groups in total. The number of nitrogens with zero attached hydrogens (tertiary/aromatic N) is 2. The highest BCUT2D eigenvalue weighted by Gasteiger charge is 2.28. The average molecular weight is 227 g/mol. The Hall–Kier alpha value is -0.650. The van der Waals surface area contributed by atoms with E-state index in [1.54, 1.807) is 0 Å². The molecule has 0 bridgehead atoms. The highest BCUT2D eigenvalue weighted by Crippen LogP contribution is 2.09. The minimum atomic E-state index is 0.290. The second kappa shape index (κ2) is 5.61. The molecular formula is C11H21N3O2. The van der Waals surface area contributed by atoms with Crippen LogP contribution in [0.1, 0.15) is 6.42 Å². The smallest absolute Gasteiger partial charge is 0.223 e. The van der Waals surface area contributed by atoms with E-state index in [1.807, 2.05) is 11.9 Å². The van der Waals surface area contributed by atoms with Gasteiger partial charge in [-0.05, 0) is 7.05 Å². The molecule has 2 aliphatic heterocycles. The molecule has 0 saturated carbocycles. The lowest BCUT2D eigenvalue weighted by molar-refractivity contribution is -0.136. The first kappa shape index (κ1) is 11.8. The van der Waals surface area contributed by atoms with Crippen molar-refractivity contribution in [1.82, 2.24) is 15.1 Å². The van der Waals surface area contributed by atoms with Crippen molar-refractivity contribution in [1.29, 1.82) is 0 Å². The third-order valence-electron chi connectivity index (χ3n) is 3.39. The molecule has 92 valence electrons. The predicted octanol–water partition coefficient (Wildman–Crippen LogP) is -0.861. The Kier molecular flexibility index (Phi) is 4.15. The van der Waals surface area contributed by atoms with Crippen molar-refractivity contribution in [3.8, 4) is 0 Å². The van der Waals surface area contributed by atoms with Crippen LogP contribution >= 0.6 is 0 Å². The van der Waals surface area contributed by atoms with Gasteiger partial charge in [-0.2, -0.15) is 0 Å². The molecule has 5 nitrogen and oxygen atoms in total. The summed E-state index contributed by atoms with van der Waals surface area (Å²) in [5.41, 5.74) is 0. The van der Waals surface area contributed by atoms with Crippen molar-refractivity contribution in [2.45, 2.75) is 12.5 Å². The molecule has 5 heteroatoms. The maximum absolute atomic E-state index is 11.8. The lowest BCUT2D eigenvalue weighted by Gasteiger charge is -2.39. The van der Waals surface area contributed by atoms with Crippen LogP contribution in [-0.2, 0) is 9.53 Å². The topological polar surface area (TPSA) is 44.8 Å². The van der Waals surface area contributed by atoms with Gasteiger partial charge in [-0.1, -0.05) is 0 Å². The number of likely N-dealkylation sites (N-methyl/N-ethyl adjacent to an activating group) is 1. The van der Waals surface area contributed by atoms with Crippen molar-refractivity contribution in [2.24, 2.45) is 0 Å². The standard InChI is InChI=1S/C11H21N3O2/c1-12-10-8-14(9-10)11(15)2-3-13-4-6-16-7-5-13/h10,12H,2-9H2,1H3. The van der Waals surface area contributed by atoms with Gasteiger partial charge in [-0.25, -0.2) is 0 Å². The van der Waals surface area contributed by atoms with E-state index in [4.69, 9.17) is 4.74 Å². The van der Waals surface area contributed by atoms with Gasteiger partial charge in [0.15, 0.2) is 0 Å². The maximum Gasteiger partial charge on any atom is 0.223 e. The zero-order chi connectivity index (χ0) is 11.4. The van der Waals surface area contributed by atoms with E-state index in [2.05, 4.69) is 10.2 Å². The summed E-state index contributed by atoms with van der Waals surface area (Å²) >= 11 is 0. The number of amides is 1. The molecule has 0 spiro atoms. The quantitative estimate of drug-likeness (QED) is 0.679. The van der Waals surface area contributed by atoms with E-state index < -0.39 is 0 Å². The van der Waals surface area contributed by atoms with Gasteiger partial charge in [0, 0.05) is 45.2 Å². The molecule has 2 rings (SSSR count). The van der Waals surface area contributed by atoms with Crippen LogP contribution in [0.2, 0.25) is 0 Å². The molecule has 0 aromatic heterocycles. The molecular weight excluding hydrogens is 206 g/mol. The Labute approximate surface area is 96.7 Å². The number of ether oxygens (including phenoxy) is 1. The van der Waals surface area contributed by atoms with Gasteiger partial charge >= 0.3 is 0 Å². The molecule has 2 aliphatic rings. The molecule has 0 atom stereocenters. The van der Waals surface area contributed by atoms with Gasteiger partial charge in [0.05, 0.1) is 13.2 Å². The largest absolute Gasteiger partial charge is 0.379 e. The van der Waals surface area contributed by atoms with Crippen molar-refractivity contribution < 1.29 is 9.53 Å². The summed E-state index contributed by atoms with van der Waals surface area (Å²) in [6, 6.07) is 0.507. The minimum Gasteiger partial charge on any atom is -0.379 e. The fourth-order valence-corrected chi connectivity index (χ4v) is 2.10. The Morgan fingerprint density at radius 1 is 1.38 bits per heavy atom. The van der Waals surface area contributed by atoms with E-state index in [1.165, 1.54) is 0 Å². The van der Waals surface area contributed by atoms with Gasteiger partial charge < -0.3 is 15.0 Å². The molecule has 0 aromatic rings. The van der Waals surface area contributed by atoms with Crippen LogP contribution in [0.5, 0.6) is 0 Å². The number of hydrogen-bond donors (Lipinski definition) is 1. The van der Waals surface area contributed by atoms with E-state index >= 15 is 0 Å². The summed E-state index contributed by atoms with van der Waals surface area (Å²) in [4.78, 5) is 16.0. The number of carbonyl (C=O) groups excluding carboxylic acids is 1. The van der Waals surface area contributed by atoms with Gasteiger partial charge in [0.25, 0.3) is 0 Å². The Morgan fingerprint density at radius 2 is 2.06 bits per heavy atom. The highest BCUT2D eigenvalue weighted by atomic mass is 16.5. The molecule has 0 aromatic carbocycles. The summed E-state index contributed by atoms with van der Waals surface area (Å²) in [5, 5.41) is 3.17. The monoisotopic (exact) mass is 227 g/mol. The number of rotatable bonds is 4. The zero-order valence-corrected chi connectivity index (χ0v) is 9.95. The van der Waals surface area contributed by atoms with E-state index in [0.29, 0.717) is 12.5 Å². The summed E-state index contributed by atoms with van der Waals surface area (Å²) in [5.74, 6) is 0.290. The van der Waals surface area contributed by atoms with E-state index in [0.717, 1.165) is 45.9 Å². The first-order valence-electron chi connectivity index (χ1n) is 6.04. The van der Waals surface area contributed by atoms with Crippen LogP contribution in [0.4, 0.5) is 0 Å². The molecule has 0 radical (unpaired) electrons. The molecule has 1 amide bonds.